The molecule has 0 spiro atoms. The van der Waals surface area contributed by atoms with Crippen molar-refractivity contribution in [3.63, 3.8) is 0 Å². The predicted octanol–water partition coefficient (Wildman–Crippen LogP) is 3.40. The highest BCUT2D eigenvalue weighted by atomic mass is 19.3. The highest BCUT2D eigenvalue weighted by Crippen LogP contribution is 2.31. The Bertz CT molecular complexity index is 192. The second kappa shape index (κ2) is 5.24. The lowest BCUT2D eigenvalue weighted by atomic mass is 9.86. The van der Waals surface area contributed by atoms with Crippen molar-refractivity contribution < 1.29 is 8.78 Å². The van der Waals surface area contributed by atoms with Crippen molar-refractivity contribution in [3.05, 3.63) is 0 Å². The maximum atomic E-state index is 12.7. The van der Waals surface area contributed by atoms with Gasteiger partial charge in [0.2, 0.25) is 6.43 Å². The molecule has 0 aromatic rings. The van der Waals surface area contributed by atoms with Crippen LogP contribution in [0.3, 0.4) is 0 Å². The second-order valence-electron chi connectivity index (χ2n) is 5.27. The Morgan fingerprint density at radius 1 is 1.07 bits per heavy atom. The molecule has 3 heteroatoms. The van der Waals surface area contributed by atoms with Crippen molar-refractivity contribution in [2.45, 2.75) is 59.0 Å². The highest BCUT2D eigenvalue weighted by molar-refractivity contribution is 4.86. The molecule has 2 unspecified atom stereocenters. The molecule has 90 valence electrons. The van der Waals surface area contributed by atoms with Gasteiger partial charge in [0, 0.05) is 24.5 Å². The summed E-state index contributed by atoms with van der Waals surface area (Å²) in [7, 11) is 0. The van der Waals surface area contributed by atoms with Gasteiger partial charge in [-0.3, -0.25) is 4.90 Å². The molecule has 0 bridgehead atoms. The Balaban J connectivity index is 2.65. The largest absolute Gasteiger partial charge is 0.297 e. The number of rotatable bonds is 3. The van der Waals surface area contributed by atoms with Crippen molar-refractivity contribution in [2.75, 3.05) is 6.54 Å². The first-order valence-corrected chi connectivity index (χ1v) is 5.97. The average molecular weight is 219 g/mol. The van der Waals surface area contributed by atoms with Gasteiger partial charge in [-0.25, -0.2) is 8.78 Å². The predicted molar refractivity (Wildman–Crippen MR) is 59.2 cm³/mol. The Morgan fingerprint density at radius 2 is 1.67 bits per heavy atom. The zero-order chi connectivity index (χ0) is 11.6. The number of halogens is 2. The van der Waals surface area contributed by atoms with Gasteiger partial charge < -0.3 is 0 Å². The maximum Gasteiger partial charge on any atom is 0.242 e. The third kappa shape index (κ3) is 3.13. The van der Waals surface area contributed by atoms with E-state index in [2.05, 4.69) is 32.6 Å². The van der Waals surface area contributed by atoms with Crippen LogP contribution in [-0.2, 0) is 0 Å². The van der Waals surface area contributed by atoms with Crippen LogP contribution in [0.5, 0.6) is 0 Å². The van der Waals surface area contributed by atoms with Crippen molar-refractivity contribution in [2.24, 2.45) is 11.8 Å². The van der Waals surface area contributed by atoms with Crippen LogP contribution in [0, 0.1) is 11.8 Å². The minimum absolute atomic E-state index is 0.374. The summed E-state index contributed by atoms with van der Waals surface area (Å²) < 4.78 is 25.3. The fourth-order valence-corrected chi connectivity index (χ4v) is 2.56. The van der Waals surface area contributed by atoms with E-state index in [9.17, 15) is 8.78 Å². The Labute approximate surface area is 91.8 Å². The average Bonchev–Trinajstić information content (AvgIpc) is 2.16. The third-order valence-corrected chi connectivity index (χ3v) is 3.49. The van der Waals surface area contributed by atoms with Crippen LogP contribution in [0.1, 0.15) is 40.5 Å². The smallest absolute Gasteiger partial charge is 0.242 e. The maximum absolute atomic E-state index is 12.7. The zero-order valence-electron chi connectivity index (χ0n) is 10.2. The van der Waals surface area contributed by atoms with Crippen LogP contribution in [0.4, 0.5) is 8.78 Å². The van der Waals surface area contributed by atoms with E-state index in [1.165, 1.54) is 0 Å². The molecule has 0 radical (unpaired) electrons. The van der Waals surface area contributed by atoms with Crippen LogP contribution in [-0.4, -0.2) is 30.0 Å². The van der Waals surface area contributed by atoms with E-state index in [1.54, 1.807) is 0 Å². The quantitative estimate of drug-likeness (QED) is 0.703. The standard InChI is InChI=1S/C12H23F2N/c1-8(2)11-6-5-10(12(13)14)7-15(11)9(3)4/h8-12H,5-7H2,1-4H3. The first kappa shape index (κ1) is 12.9. The van der Waals surface area contributed by atoms with Crippen LogP contribution < -0.4 is 0 Å². The van der Waals surface area contributed by atoms with Crippen molar-refractivity contribution >= 4 is 0 Å². The number of alkyl halides is 2. The summed E-state index contributed by atoms with van der Waals surface area (Å²) in [6.07, 6.45) is -0.548. The van der Waals surface area contributed by atoms with Gasteiger partial charge in [-0.15, -0.1) is 0 Å². The summed E-state index contributed by atoms with van der Waals surface area (Å²) in [5, 5.41) is 0. The van der Waals surface area contributed by atoms with Gasteiger partial charge in [-0.05, 0) is 32.6 Å². The molecule has 2 atom stereocenters. The number of likely N-dealkylation sites (tertiary alicyclic amines) is 1. The lowest BCUT2D eigenvalue weighted by Gasteiger charge is -2.44. The van der Waals surface area contributed by atoms with E-state index in [0.29, 0.717) is 31.0 Å². The number of hydrogen-bond donors (Lipinski definition) is 0. The van der Waals surface area contributed by atoms with Gasteiger partial charge in [0.1, 0.15) is 0 Å². The lowest BCUT2D eigenvalue weighted by Crippen LogP contribution is -2.50. The molecule has 0 amide bonds. The topological polar surface area (TPSA) is 3.24 Å². The van der Waals surface area contributed by atoms with E-state index >= 15 is 0 Å². The molecular formula is C12H23F2N. The van der Waals surface area contributed by atoms with Crippen molar-refractivity contribution in [1.29, 1.82) is 0 Å². The molecule has 0 saturated carbocycles. The minimum Gasteiger partial charge on any atom is -0.297 e. The lowest BCUT2D eigenvalue weighted by molar-refractivity contribution is -0.0172. The second-order valence-corrected chi connectivity index (χ2v) is 5.27. The number of nitrogens with zero attached hydrogens (tertiary/aromatic N) is 1. The molecule has 0 aromatic heterocycles. The van der Waals surface area contributed by atoms with E-state index in [4.69, 9.17) is 0 Å². The van der Waals surface area contributed by atoms with Gasteiger partial charge in [0.25, 0.3) is 0 Å². The van der Waals surface area contributed by atoms with Gasteiger partial charge in [0.15, 0.2) is 0 Å². The molecule has 0 aliphatic carbocycles. The molecule has 1 heterocycles. The first-order valence-electron chi connectivity index (χ1n) is 5.97. The molecule has 1 rings (SSSR count). The van der Waals surface area contributed by atoms with Crippen molar-refractivity contribution in [3.8, 4) is 0 Å². The van der Waals surface area contributed by atoms with E-state index in [-0.39, 0.29) is 0 Å². The molecule has 0 aromatic carbocycles. The fourth-order valence-electron chi connectivity index (χ4n) is 2.56. The molecule has 1 nitrogen and oxygen atoms in total. The zero-order valence-corrected chi connectivity index (χ0v) is 10.2. The summed E-state index contributed by atoms with van der Waals surface area (Å²) >= 11 is 0. The fraction of sp³-hybridized carbons (Fsp3) is 1.00. The third-order valence-electron chi connectivity index (χ3n) is 3.49. The summed E-state index contributed by atoms with van der Waals surface area (Å²) in [6.45, 7) is 9.14. The van der Waals surface area contributed by atoms with Gasteiger partial charge in [-0.1, -0.05) is 13.8 Å². The Kier molecular flexibility index (Phi) is 4.50. The Morgan fingerprint density at radius 3 is 2.07 bits per heavy atom. The number of hydrogen-bond acceptors (Lipinski definition) is 1. The first-order chi connectivity index (χ1) is 6.93. The van der Waals surface area contributed by atoms with Crippen LogP contribution >= 0.6 is 0 Å². The summed E-state index contributed by atoms with van der Waals surface area (Å²) in [5.41, 5.74) is 0. The van der Waals surface area contributed by atoms with E-state index < -0.39 is 12.3 Å². The summed E-state index contributed by atoms with van der Waals surface area (Å²) in [4.78, 5) is 2.25. The molecule has 1 saturated heterocycles. The molecule has 15 heavy (non-hydrogen) atoms. The Hall–Kier alpha value is -0.180. The van der Waals surface area contributed by atoms with Gasteiger partial charge >= 0.3 is 0 Å². The molecular weight excluding hydrogens is 196 g/mol. The van der Waals surface area contributed by atoms with Crippen LogP contribution in [0.25, 0.3) is 0 Å². The molecule has 1 aliphatic rings. The molecule has 1 aliphatic heterocycles. The van der Waals surface area contributed by atoms with Gasteiger partial charge in [-0.2, -0.15) is 0 Å². The van der Waals surface area contributed by atoms with E-state index in [0.717, 1.165) is 6.42 Å². The number of piperidine rings is 1. The van der Waals surface area contributed by atoms with Gasteiger partial charge in [0.05, 0.1) is 0 Å². The van der Waals surface area contributed by atoms with Crippen molar-refractivity contribution in [1.82, 2.24) is 4.90 Å². The summed E-state index contributed by atoms with van der Waals surface area (Å²) in [6, 6.07) is 0.860. The monoisotopic (exact) mass is 219 g/mol. The molecule has 0 N–H and O–H groups in total. The minimum atomic E-state index is -2.15. The molecule has 1 fully saturated rings. The van der Waals surface area contributed by atoms with E-state index in [1.807, 2.05) is 0 Å². The SMILES string of the molecule is CC(C)C1CCC(C(F)F)CN1C(C)C. The normalized spacial score (nSPS) is 29.4. The van der Waals surface area contributed by atoms with Crippen LogP contribution in [0.15, 0.2) is 0 Å². The summed E-state index contributed by atoms with van der Waals surface area (Å²) in [5.74, 6) is 0.147. The highest BCUT2D eigenvalue weighted by Gasteiger charge is 2.35. The van der Waals surface area contributed by atoms with Crippen LogP contribution in [0.2, 0.25) is 0 Å².